The molecular formula is C31H44N4O3. The van der Waals surface area contributed by atoms with Crippen molar-refractivity contribution in [2.24, 2.45) is 0 Å². The molecule has 2 aliphatic heterocycles. The molecular weight excluding hydrogens is 476 g/mol. The fourth-order valence-electron chi connectivity index (χ4n) is 6.03. The highest BCUT2D eigenvalue weighted by Gasteiger charge is 2.30. The van der Waals surface area contributed by atoms with Gasteiger partial charge in [0, 0.05) is 64.0 Å². The summed E-state index contributed by atoms with van der Waals surface area (Å²) in [5, 5.41) is 0. The molecule has 0 aliphatic carbocycles. The van der Waals surface area contributed by atoms with Crippen LogP contribution in [-0.4, -0.2) is 78.4 Å². The number of carbonyl (C=O) groups is 2. The summed E-state index contributed by atoms with van der Waals surface area (Å²) in [6.45, 7) is 11.0. The van der Waals surface area contributed by atoms with Crippen LogP contribution in [0.5, 0.6) is 5.75 Å². The van der Waals surface area contributed by atoms with Crippen LogP contribution in [0.4, 0.5) is 5.69 Å². The number of anilines is 1. The Labute approximate surface area is 228 Å². The third kappa shape index (κ3) is 7.14. The second kappa shape index (κ2) is 13.3. The molecule has 2 aromatic rings. The zero-order chi connectivity index (χ0) is 27.1. The Hall–Kier alpha value is -2.90. The lowest BCUT2D eigenvalue weighted by Crippen LogP contribution is -2.51. The van der Waals surface area contributed by atoms with Crippen LogP contribution in [-0.2, 0) is 22.7 Å². The van der Waals surface area contributed by atoms with E-state index in [0.717, 1.165) is 62.4 Å². The first-order valence-electron chi connectivity index (χ1n) is 14.1. The molecule has 0 radical (unpaired) electrons. The van der Waals surface area contributed by atoms with E-state index in [1.54, 1.807) is 14.0 Å². The maximum Gasteiger partial charge on any atom is 0.237 e. The number of hydrogen-bond acceptors (Lipinski definition) is 5. The third-order valence-electron chi connectivity index (χ3n) is 8.03. The number of rotatable bonds is 5. The molecule has 2 unspecified atom stereocenters. The number of hydrogen-bond donors (Lipinski definition) is 0. The van der Waals surface area contributed by atoms with E-state index in [4.69, 9.17) is 4.74 Å². The summed E-state index contributed by atoms with van der Waals surface area (Å²) in [6.07, 6.45) is 4.20. The van der Waals surface area contributed by atoms with Gasteiger partial charge in [0.05, 0.1) is 13.7 Å². The van der Waals surface area contributed by atoms with Crippen molar-refractivity contribution in [3.8, 4) is 5.75 Å². The van der Waals surface area contributed by atoms with E-state index < -0.39 is 0 Å². The van der Waals surface area contributed by atoms with Gasteiger partial charge in [-0.1, -0.05) is 30.3 Å². The Bertz CT molecular complexity index is 1080. The number of piperidine rings is 1. The van der Waals surface area contributed by atoms with Gasteiger partial charge < -0.3 is 14.5 Å². The number of carbonyl (C=O) groups excluding carboxylic acids is 2. The molecule has 2 aromatic carbocycles. The van der Waals surface area contributed by atoms with Gasteiger partial charge in [-0.25, -0.2) is 0 Å². The maximum atomic E-state index is 13.6. The Morgan fingerprint density at radius 3 is 2.37 bits per heavy atom. The van der Waals surface area contributed by atoms with Crippen LogP contribution in [0.2, 0.25) is 0 Å². The fraction of sp³-hybridized carbons (Fsp3) is 0.548. The number of fused-ring (bicyclic) bond motifs is 1. The Morgan fingerprint density at radius 1 is 0.895 bits per heavy atom. The monoisotopic (exact) mass is 520 g/mol. The molecule has 2 aliphatic rings. The lowest BCUT2D eigenvalue weighted by Gasteiger charge is -2.40. The van der Waals surface area contributed by atoms with E-state index in [0.29, 0.717) is 19.6 Å². The number of amides is 2. The van der Waals surface area contributed by atoms with Crippen molar-refractivity contribution < 1.29 is 14.3 Å². The molecule has 2 atom stereocenters. The molecule has 0 aromatic heterocycles. The number of methoxy groups -OCH3 is 1. The molecule has 1 saturated heterocycles. The van der Waals surface area contributed by atoms with Gasteiger partial charge in [-0.2, -0.15) is 0 Å². The SMILES string of the molecule is COc1cccc(CN2CCCN(C(C)=O)c3ccccc3CN(CC(=O)N3C(C)CCCC3C)CC2)c1. The highest BCUT2D eigenvalue weighted by Crippen LogP contribution is 2.26. The summed E-state index contributed by atoms with van der Waals surface area (Å²) in [7, 11) is 1.69. The quantitative estimate of drug-likeness (QED) is 0.579. The maximum absolute atomic E-state index is 13.6. The van der Waals surface area contributed by atoms with Gasteiger partial charge in [0.2, 0.25) is 11.8 Å². The molecule has 0 saturated carbocycles. The number of benzene rings is 2. The highest BCUT2D eigenvalue weighted by atomic mass is 16.5. The normalized spacial score (nSPS) is 21.9. The molecule has 7 nitrogen and oxygen atoms in total. The minimum absolute atomic E-state index is 0.0506. The van der Waals surface area contributed by atoms with E-state index >= 15 is 0 Å². The van der Waals surface area contributed by atoms with Crippen molar-refractivity contribution in [1.82, 2.24) is 14.7 Å². The Kier molecular flexibility index (Phi) is 9.80. The summed E-state index contributed by atoms with van der Waals surface area (Å²) < 4.78 is 5.44. The van der Waals surface area contributed by atoms with E-state index in [-0.39, 0.29) is 23.9 Å². The summed E-state index contributed by atoms with van der Waals surface area (Å²) in [5.74, 6) is 1.12. The van der Waals surface area contributed by atoms with Crippen LogP contribution in [0.3, 0.4) is 0 Å². The van der Waals surface area contributed by atoms with Crippen molar-refractivity contribution >= 4 is 17.5 Å². The van der Waals surface area contributed by atoms with Crippen molar-refractivity contribution in [3.05, 3.63) is 59.7 Å². The van der Waals surface area contributed by atoms with Gasteiger partial charge in [-0.3, -0.25) is 19.4 Å². The molecule has 0 spiro atoms. The molecule has 2 amide bonds. The van der Waals surface area contributed by atoms with Crippen LogP contribution in [0.1, 0.15) is 57.6 Å². The zero-order valence-electron chi connectivity index (χ0n) is 23.6. The standard InChI is InChI=1S/C31H44N4O3/c1-24-10-7-11-25(2)35(24)31(37)23-33-19-18-32(21-27-12-8-14-29(20-27)38-4)16-9-17-34(26(3)36)30-15-6-5-13-28(30)22-33/h5-6,8,12-15,20,24-25H,7,9-11,16-19,21-23H2,1-4H3. The molecule has 7 heteroatoms. The van der Waals surface area contributed by atoms with E-state index in [2.05, 4.69) is 46.7 Å². The van der Waals surface area contributed by atoms with Crippen LogP contribution in [0, 0.1) is 0 Å². The van der Waals surface area contributed by atoms with Gasteiger partial charge in [0.15, 0.2) is 0 Å². The van der Waals surface area contributed by atoms with Gasteiger partial charge in [-0.15, -0.1) is 0 Å². The van der Waals surface area contributed by atoms with Crippen LogP contribution in [0.15, 0.2) is 48.5 Å². The Balaban J connectivity index is 1.59. The van der Waals surface area contributed by atoms with E-state index in [9.17, 15) is 9.59 Å². The number of nitrogens with zero attached hydrogens (tertiary/aromatic N) is 4. The van der Waals surface area contributed by atoms with Crippen molar-refractivity contribution in [2.75, 3.05) is 44.7 Å². The third-order valence-corrected chi connectivity index (χ3v) is 8.03. The molecule has 206 valence electrons. The first-order valence-corrected chi connectivity index (χ1v) is 14.1. The molecule has 38 heavy (non-hydrogen) atoms. The van der Waals surface area contributed by atoms with Crippen LogP contribution < -0.4 is 9.64 Å². The minimum atomic E-state index is 0.0506. The highest BCUT2D eigenvalue weighted by molar-refractivity contribution is 5.92. The van der Waals surface area contributed by atoms with Crippen molar-refractivity contribution in [3.63, 3.8) is 0 Å². The predicted octanol–water partition coefficient (Wildman–Crippen LogP) is 4.55. The number of ether oxygens (including phenoxy) is 1. The van der Waals surface area contributed by atoms with Gasteiger partial charge >= 0.3 is 0 Å². The fourth-order valence-corrected chi connectivity index (χ4v) is 6.03. The van der Waals surface area contributed by atoms with E-state index in [1.165, 1.54) is 12.0 Å². The van der Waals surface area contributed by atoms with Gasteiger partial charge in [0.1, 0.15) is 5.75 Å². The lowest BCUT2D eigenvalue weighted by atomic mass is 9.97. The first-order chi connectivity index (χ1) is 18.4. The topological polar surface area (TPSA) is 56.3 Å². The van der Waals surface area contributed by atoms with Crippen LogP contribution in [0.25, 0.3) is 0 Å². The molecule has 2 heterocycles. The van der Waals surface area contributed by atoms with Crippen LogP contribution >= 0.6 is 0 Å². The second-order valence-corrected chi connectivity index (χ2v) is 10.9. The van der Waals surface area contributed by atoms with Gasteiger partial charge in [-0.05, 0) is 68.9 Å². The largest absolute Gasteiger partial charge is 0.497 e. The summed E-state index contributed by atoms with van der Waals surface area (Å²) >= 11 is 0. The van der Waals surface area contributed by atoms with Crippen molar-refractivity contribution in [2.45, 2.75) is 71.6 Å². The average molecular weight is 521 g/mol. The zero-order valence-corrected chi connectivity index (χ0v) is 23.6. The summed E-state index contributed by atoms with van der Waals surface area (Å²) in [6, 6.07) is 16.9. The molecule has 0 N–H and O–H groups in total. The molecule has 1 fully saturated rings. The van der Waals surface area contributed by atoms with E-state index in [1.807, 2.05) is 35.2 Å². The molecule has 4 rings (SSSR count). The number of para-hydroxylation sites is 1. The second-order valence-electron chi connectivity index (χ2n) is 10.9. The average Bonchev–Trinajstić information content (AvgIpc) is 2.92. The van der Waals surface area contributed by atoms with Crippen molar-refractivity contribution in [1.29, 1.82) is 0 Å². The summed E-state index contributed by atoms with van der Waals surface area (Å²) in [4.78, 5) is 35.1. The smallest absolute Gasteiger partial charge is 0.237 e. The first kappa shape index (κ1) is 28.1. The minimum Gasteiger partial charge on any atom is -0.497 e. The lowest BCUT2D eigenvalue weighted by molar-refractivity contribution is -0.138. The number of likely N-dealkylation sites (tertiary alicyclic amines) is 1. The molecule has 0 bridgehead atoms. The van der Waals surface area contributed by atoms with Gasteiger partial charge in [0.25, 0.3) is 0 Å². The summed E-state index contributed by atoms with van der Waals surface area (Å²) in [5.41, 5.74) is 3.25. The predicted molar refractivity (Wildman–Crippen MR) is 152 cm³/mol. The Morgan fingerprint density at radius 2 is 1.63 bits per heavy atom.